The number of nitrogens with two attached hydrogens (primary N) is 1. The molecule has 3 fully saturated rings. The van der Waals surface area contributed by atoms with Crippen LogP contribution in [0.5, 0.6) is 5.75 Å². The normalized spacial score (nSPS) is 28.1. The number of rotatable bonds is 5. The van der Waals surface area contributed by atoms with Gasteiger partial charge in [0.25, 0.3) is 5.91 Å². The van der Waals surface area contributed by atoms with Gasteiger partial charge in [-0.15, -0.1) is 0 Å². The molecule has 2 aliphatic heterocycles. The van der Waals surface area contributed by atoms with E-state index in [0.29, 0.717) is 11.3 Å². The number of imide groups is 1. The number of ether oxygens (including phenoxy) is 1. The van der Waals surface area contributed by atoms with Crippen molar-refractivity contribution in [2.75, 3.05) is 13.7 Å². The van der Waals surface area contributed by atoms with Crippen molar-refractivity contribution in [3.8, 4) is 5.75 Å². The highest BCUT2D eigenvalue weighted by atomic mass is 79.9. The number of methoxy groups -OCH3 is 1. The molecule has 0 radical (unpaired) electrons. The van der Waals surface area contributed by atoms with Crippen LogP contribution >= 0.6 is 15.9 Å². The molecule has 4 rings (SSSR count). The molecule has 3 atom stereocenters. The predicted octanol–water partition coefficient (Wildman–Crippen LogP) is 1.92. The molecule has 1 saturated carbocycles. The number of fused-ring (bicyclic) bond motifs is 1. The molecule has 1 aliphatic carbocycles. The number of benzene rings is 1. The van der Waals surface area contributed by atoms with Gasteiger partial charge in [-0.25, -0.2) is 0 Å². The van der Waals surface area contributed by atoms with E-state index in [2.05, 4.69) is 15.9 Å². The highest BCUT2D eigenvalue weighted by Gasteiger charge is 2.61. The van der Waals surface area contributed by atoms with E-state index in [4.69, 9.17) is 15.3 Å². The molecule has 9 heteroatoms. The first-order chi connectivity index (χ1) is 13.9. The highest BCUT2D eigenvalue weighted by molar-refractivity contribution is 9.10. The molecule has 2 saturated heterocycles. The number of hydrogen-bond donors (Lipinski definition) is 1. The molecular formula is C20H24BrN3O5. The van der Waals surface area contributed by atoms with Crippen molar-refractivity contribution < 1.29 is 24.0 Å². The standard InChI is InChI=1S/C20H24BrN3O5/c1-28-14-8-7-11(21)9-13(14)17-16-18(29-23(17)10-15(22)25)20(27)24(19(16)26)12-5-3-2-4-6-12/h7-9,12,16-18H,2-6,10H2,1H3,(H2,22,25). The van der Waals surface area contributed by atoms with Gasteiger partial charge in [-0.3, -0.25) is 24.1 Å². The van der Waals surface area contributed by atoms with Gasteiger partial charge in [-0.1, -0.05) is 35.2 Å². The molecule has 2 heterocycles. The topological polar surface area (TPSA) is 102 Å². The summed E-state index contributed by atoms with van der Waals surface area (Å²) in [6.07, 6.45) is 3.85. The summed E-state index contributed by atoms with van der Waals surface area (Å²) in [5.41, 5.74) is 6.06. The first kappa shape index (κ1) is 20.3. The van der Waals surface area contributed by atoms with Gasteiger partial charge in [0.05, 0.1) is 19.1 Å². The van der Waals surface area contributed by atoms with Gasteiger partial charge >= 0.3 is 0 Å². The van der Waals surface area contributed by atoms with Crippen molar-refractivity contribution in [1.82, 2.24) is 9.96 Å². The Bertz CT molecular complexity index is 841. The summed E-state index contributed by atoms with van der Waals surface area (Å²) < 4.78 is 6.28. The van der Waals surface area contributed by atoms with Crippen LogP contribution < -0.4 is 10.5 Å². The number of carbonyl (C=O) groups excluding carboxylic acids is 3. The van der Waals surface area contributed by atoms with E-state index < -0.39 is 24.0 Å². The third-order valence-corrected chi connectivity index (χ3v) is 6.48. The van der Waals surface area contributed by atoms with Crippen molar-refractivity contribution in [1.29, 1.82) is 0 Å². The lowest BCUT2D eigenvalue weighted by Gasteiger charge is -2.32. The average molecular weight is 466 g/mol. The fourth-order valence-electron chi connectivity index (χ4n) is 4.76. The smallest absolute Gasteiger partial charge is 0.261 e. The highest BCUT2D eigenvalue weighted by Crippen LogP contribution is 2.48. The Morgan fingerprint density at radius 2 is 1.97 bits per heavy atom. The molecule has 8 nitrogen and oxygen atoms in total. The SMILES string of the molecule is COc1ccc(Br)cc1C1C2C(=O)N(C3CCCCC3)C(=O)C2ON1CC(N)=O. The molecule has 3 unspecified atom stereocenters. The number of primary amides is 1. The van der Waals surface area contributed by atoms with Crippen LogP contribution in [0.15, 0.2) is 22.7 Å². The molecule has 0 spiro atoms. The maximum atomic E-state index is 13.4. The first-order valence-electron chi connectivity index (χ1n) is 9.84. The summed E-state index contributed by atoms with van der Waals surface area (Å²) in [6, 6.07) is 4.70. The van der Waals surface area contributed by atoms with Crippen LogP contribution in [0.2, 0.25) is 0 Å². The zero-order valence-corrected chi connectivity index (χ0v) is 17.8. The number of halogens is 1. The van der Waals surface area contributed by atoms with Gasteiger partial charge < -0.3 is 10.5 Å². The third kappa shape index (κ3) is 3.55. The van der Waals surface area contributed by atoms with E-state index in [-0.39, 0.29) is 24.4 Å². The summed E-state index contributed by atoms with van der Waals surface area (Å²) in [6.45, 7) is -0.225. The Labute approximate surface area is 177 Å². The predicted molar refractivity (Wildman–Crippen MR) is 106 cm³/mol. The number of nitrogens with zero attached hydrogens (tertiary/aromatic N) is 2. The maximum absolute atomic E-state index is 13.4. The zero-order chi connectivity index (χ0) is 20.7. The quantitative estimate of drug-likeness (QED) is 0.666. The Kier molecular flexibility index (Phi) is 5.63. The largest absolute Gasteiger partial charge is 0.496 e. The van der Waals surface area contributed by atoms with Crippen molar-refractivity contribution in [3.63, 3.8) is 0 Å². The van der Waals surface area contributed by atoms with Gasteiger partial charge in [0.15, 0.2) is 6.10 Å². The minimum absolute atomic E-state index is 0.0763. The number of hydrogen-bond acceptors (Lipinski definition) is 6. The fraction of sp³-hybridized carbons (Fsp3) is 0.550. The molecule has 29 heavy (non-hydrogen) atoms. The van der Waals surface area contributed by atoms with Crippen molar-refractivity contribution in [3.05, 3.63) is 28.2 Å². The number of hydroxylamine groups is 2. The van der Waals surface area contributed by atoms with E-state index in [0.717, 1.165) is 36.6 Å². The monoisotopic (exact) mass is 465 g/mol. The second kappa shape index (κ2) is 8.04. The van der Waals surface area contributed by atoms with Crippen molar-refractivity contribution in [2.45, 2.75) is 50.3 Å². The second-order valence-electron chi connectivity index (χ2n) is 7.76. The number of amides is 3. The van der Waals surface area contributed by atoms with E-state index in [9.17, 15) is 14.4 Å². The first-order valence-corrected chi connectivity index (χ1v) is 10.6. The Balaban J connectivity index is 1.73. The Hall–Kier alpha value is -1.97. The van der Waals surface area contributed by atoms with Crippen molar-refractivity contribution in [2.24, 2.45) is 11.7 Å². The summed E-state index contributed by atoms with van der Waals surface area (Å²) in [5.74, 6) is -1.36. The summed E-state index contributed by atoms with van der Waals surface area (Å²) in [5, 5.41) is 1.36. The lowest BCUT2D eigenvalue weighted by molar-refractivity contribution is -0.183. The van der Waals surface area contributed by atoms with Gasteiger partial charge in [-0.05, 0) is 31.0 Å². The lowest BCUT2D eigenvalue weighted by atomic mass is 9.90. The van der Waals surface area contributed by atoms with Crippen LogP contribution in [0.1, 0.15) is 43.7 Å². The molecule has 3 amide bonds. The van der Waals surface area contributed by atoms with Gasteiger partial charge in [0, 0.05) is 16.1 Å². The minimum atomic E-state index is -0.947. The van der Waals surface area contributed by atoms with Gasteiger partial charge in [0.1, 0.15) is 12.3 Å². The van der Waals surface area contributed by atoms with Crippen molar-refractivity contribution >= 4 is 33.7 Å². The lowest BCUT2D eigenvalue weighted by Crippen LogP contribution is -2.45. The van der Waals surface area contributed by atoms with Crippen LogP contribution in [0.3, 0.4) is 0 Å². The molecule has 2 N–H and O–H groups in total. The second-order valence-corrected chi connectivity index (χ2v) is 8.68. The average Bonchev–Trinajstić information content (AvgIpc) is 3.17. The van der Waals surface area contributed by atoms with Crippen LogP contribution in [0, 0.1) is 5.92 Å². The fourth-order valence-corrected chi connectivity index (χ4v) is 5.14. The molecule has 0 bridgehead atoms. The van der Waals surface area contributed by atoms with E-state index in [1.807, 2.05) is 12.1 Å². The molecule has 0 aromatic heterocycles. The maximum Gasteiger partial charge on any atom is 0.261 e. The van der Waals surface area contributed by atoms with E-state index >= 15 is 0 Å². The minimum Gasteiger partial charge on any atom is -0.496 e. The van der Waals surface area contributed by atoms with Gasteiger partial charge in [-0.2, -0.15) is 5.06 Å². The molecular weight excluding hydrogens is 442 g/mol. The van der Waals surface area contributed by atoms with E-state index in [1.54, 1.807) is 6.07 Å². The van der Waals surface area contributed by atoms with E-state index in [1.165, 1.54) is 17.1 Å². The molecule has 156 valence electrons. The number of carbonyl (C=O) groups is 3. The van der Waals surface area contributed by atoms with Crippen LogP contribution in [-0.4, -0.2) is 53.5 Å². The summed E-state index contributed by atoms with van der Waals surface area (Å²) in [7, 11) is 1.54. The Morgan fingerprint density at radius 1 is 1.24 bits per heavy atom. The Morgan fingerprint density at radius 3 is 2.62 bits per heavy atom. The summed E-state index contributed by atoms with van der Waals surface area (Å²) in [4.78, 5) is 45.4. The van der Waals surface area contributed by atoms with Gasteiger partial charge in [0.2, 0.25) is 11.8 Å². The molecule has 1 aromatic carbocycles. The number of likely N-dealkylation sites (tertiary alicyclic amines) is 1. The molecule has 3 aliphatic rings. The van der Waals surface area contributed by atoms with Crippen LogP contribution in [0.4, 0.5) is 0 Å². The van der Waals surface area contributed by atoms with Crippen LogP contribution in [0.25, 0.3) is 0 Å². The molecule has 1 aromatic rings. The zero-order valence-electron chi connectivity index (χ0n) is 16.2. The summed E-state index contributed by atoms with van der Waals surface area (Å²) >= 11 is 3.45. The third-order valence-electron chi connectivity index (χ3n) is 5.99. The van der Waals surface area contributed by atoms with Crippen LogP contribution in [-0.2, 0) is 19.2 Å².